The van der Waals surface area contributed by atoms with Gasteiger partial charge in [0.25, 0.3) is 0 Å². The molecule has 0 aliphatic heterocycles. The molecule has 0 saturated heterocycles. The van der Waals surface area contributed by atoms with Gasteiger partial charge < -0.3 is 40.6 Å². The minimum Gasteiger partial charge on any atom is -0.548 e. The fourth-order valence-electron chi connectivity index (χ4n) is 0.881. The Labute approximate surface area is 134 Å². The Morgan fingerprint density at radius 3 is 1.24 bits per heavy atom. The summed E-state index contributed by atoms with van der Waals surface area (Å²) in [5.74, 6) is -2.33. The van der Waals surface area contributed by atoms with Crippen LogP contribution in [-0.4, -0.2) is 59.5 Å². The Hall–Kier alpha value is -0.726. The van der Waals surface area contributed by atoms with Crippen LogP contribution in [0.3, 0.4) is 0 Å². The smallest absolute Gasteiger partial charge is 0.548 e. The molecule has 0 aromatic carbocycles. The zero-order valence-corrected chi connectivity index (χ0v) is 13.7. The Balaban J connectivity index is -0.000000295. The SMILES string of the molecule is CC(C)(NCCO)C(=O)[O-].CC(C)(NCCO)C(=O)[O-].[Ni+2]. The van der Waals surface area contributed by atoms with Gasteiger partial charge in [0.1, 0.15) is 0 Å². The Morgan fingerprint density at radius 1 is 0.857 bits per heavy atom. The third kappa shape index (κ3) is 12.7. The van der Waals surface area contributed by atoms with Gasteiger partial charge in [-0.3, -0.25) is 0 Å². The predicted octanol–water partition coefficient (Wildman–Crippen LogP) is -3.81. The van der Waals surface area contributed by atoms with Crippen molar-refractivity contribution in [1.29, 1.82) is 0 Å². The second-order valence-corrected chi connectivity index (χ2v) is 5.13. The van der Waals surface area contributed by atoms with Crippen LogP contribution in [0.15, 0.2) is 0 Å². The summed E-state index contributed by atoms with van der Waals surface area (Å²) in [6, 6.07) is 0. The first-order valence-electron chi connectivity index (χ1n) is 6.16. The van der Waals surface area contributed by atoms with Crippen molar-refractivity contribution in [3.05, 3.63) is 0 Å². The monoisotopic (exact) mass is 350 g/mol. The van der Waals surface area contributed by atoms with Crippen molar-refractivity contribution in [2.75, 3.05) is 26.3 Å². The maximum absolute atomic E-state index is 10.3. The molecular formula is C12H24N2NiO6. The number of carbonyl (C=O) groups is 2. The van der Waals surface area contributed by atoms with Crippen molar-refractivity contribution in [3.63, 3.8) is 0 Å². The van der Waals surface area contributed by atoms with Gasteiger partial charge in [0.05, 0.1) is 36.2 Å². The van der Waals surface area contributed by atoms with Crippen LogP contribution in [0, 0.1) is 0 Å². The van der Waals surface area contributed by atoms with Crippen molar-refractivity contribution in [1.82, 2.24) is 10.6 Å². The fraction of sp³-hybridized carbons (Fsp3) is 0.833. The van der Waals surface area contributed by atoms with Gasteiger partial charge in [0, 0.05) is 13.1 Å². The normalized spacial score (nSPS) is 11.0. The number of carboxylic acids is 2. The van der Waals surface area contributed by atoms with Crippen LogP contribution in [0.2, 0.25) is 0 Å². The number of aliphatic hydroxyl groups excluding tert-OH is 2. The van der Waals surface area contributed by atoms with Crippen molar-refractivity contribution in [2.45, 2.75) is 38.8 Å². The second kappa shape index (κ2) is 11.9. The molecule has 21 heavy (non-hydrogen) atoms. The number of nitrogens with one attached hydrogen (secondary N) is 2. The summed E-state index contributed by atoms with van der Waals surface area (Å²) < 4.78 is 0. The summed E-state index contributed by atoms with van der Waals surface area (Å²) in [4.78, 5) is 20.5. The van der Waals surface area contributed by atoms with Crippen molar-refractivity contribution in [3.8, 4) is 0 Å². The zero-order chi connectivity index (χ0) is 16.4. The molecule has 0 aliphatic rings. The summed E-state index contributed by atoms with van der Waals surface area (Å²) in [6.07, 6.45) is 0. The number of hydrogen-bond acceptors (Lipinski definition) is 8. The van der Waals surface area contributed by atoms with Gasteiger partial charge >= 0.3 is 16.5 Å². The molecule has 0 amide bonds. The van der Waals surface area contributed by atoms with Gasteiger partial charge in [-0.05, 0) is 27.7 Å². The van der Waals surface area contributed by atoms with Crippen LogP contribution >= 0.6 is 0 Å². The third-order valence-corrected chi connectivity index (χ3v) is 2.38. The molecule has 8 nitrogen and oxygen atoms in total. The first kappa shape index (κ1) is 25.2. The van der Waals surface area contributed by atoms with Gasteiger partial charge in [-0.2, -0.15) is 0 Å². The van der Waals surface area contributed by atoms with E-state index in [1.165, 1.54) is 27.7 Å². The van der Waals surface area contributed by atoms with Crippen molar-refractivity contribution < 1.29 is 46.5 Å². The minimum atomic E-state index is -1.17. The molecule has 0 aromatic heterocycles. The molecule has 128 valence electrons. The molecule has 0 saturated carbocycles. The van der Waals surface area contributed by atoms with E-state index in [9.17, 15) is 19.8 Å². The summed E-state index contributed by atoms with van der Waals surface area (Å²) in [5, 5.41) is 42.4. The van der Waals surface area contributed by atoms with Crippen LogP contribution in [0.1, 0.15) is 27.7 Å². The molecular weight excluding hydrogens is 327 g/mol. The number of aliphatic hydroxyl groups is 2. The van der Waals surface area contributed by atoms with Gasteiger partial charge in [-0.25, -0.2) is 0 Å². The third-order valence-electron chi connectivity index (χ3n) is 2.38. The molecule has 0 aromatic rings. The number of rotatable bonds is 8. The molecule has 0 fully saturated rings. The summed E-state index contributed by atoms with van der Waals surface area (Å²) in [5.41, 5.74) is -2.11. The maximum Gasteiger partial charge on any atom is 2.00 e. The molecule has 0 spiro atoms. The average molecular weight is 351 g/mol. The zero-order valence-electron chi connectivity index (χ0n) is 12.7. The summed E-state index contributed by atoms with van der Waals surface area (Å²) in [7, 11) is 0. The van der Waals surface area contributed by atoms with Gasteiger partial charge in [-0.15, -0.1) is 0 Å². The Bertz CT molecular complexity index is 280. The van der Waals surface area contributed by atoms with Crippen LogP contribution < -0.4 is 20.8 Å². The van der Waals surface area contributed by atoms with Gasteiger partial charge in [-0.1, -0.05) is 0 Å². The first-order chi connectivity index (χ1) is 9.01. The largest absolute Gasteiger partial charge is 2.00 e. The average Bonchev–Trinajstić information content (AvgIpc) is 2.34. The molecule has 0 radical (unpaired) electrons. The number of carbonyl (C=O) groups excluding carboxylic acids is 2. The molecule has 0 bridgehead atoms. The molecule has 4 N–H and O–H groups in total. The Kier molecular flexibility index (Phi) is 14.3. The van der Waals surface area contributed by atoms with Gasteiger partial charge in [0.2, 0.25) is 0 Å². The molecule has 0 aliphatic carbocycles. The predicted molar refractivity (Wildman–Crippen MR) is 68.3 cm³/mol. The second-order valence-electron chi connectivity index (χ2n) is 5.13. The van der Waals surface area contributed by atoms with E-state index < -0.39 is 23.0 Å². The van der Waals surface area contributed by atoms with E-state index in [0.29, 0.717) is 0 Å². The summed E-state index contributed by atoms with van der Waals surface area (Å²) >= 11 is 0. The van der Waals surface area contributed by atoms with Gasteiger partial charge in [0.15, 0.2) is 0 Å². The molecule has 0 heterocycles. The van der Waals surface area contributed by atoms with E-state index in [4.69, 9.17) is 10.2 Å². The number of carboxylic acid groups (broad SMARTS) is 2. The Morgan fingerprint density at radius 2 is 1.10 bits per heavy atom. The van der Waals surface area contributed by atoms with E-state index in [1.54, 1.807) is 0 Å². The molecule has 0 atom stereocenters. The van der Waals surface area contributed by atoms with Crippen molar-refractivity contribution >= 4 is 11.9 Å². The van der Waals surface area contributed by atoms with E-state index in [2.05, 4.69) is 10.6 Å². The first-order valence-corrected chi connectivity index (χ1v) is 6.16. The van der Waals surface area contributed by atoms with E-state index in [1.807, 2.05) is 0 Å². The summed E-state index contributed by atoms with van der Waals surface area (Å²) in [6.45, 7) is 6.32. The van der Waals surface area contributed by atoms with Crippen molar-refractivity contribution in [2.24, 2.45) is 0 Å². The minimum absolute atomic E-state index is 0. The standard InChI is InChI=1S/2C6H13NO3.Ni/c2*1-6(2,5(9)10)7-3-4-8;/h2*7-8H,3-4H2,1-2H3,(H,9,10);/q;;+2/p-2. The van der Waals surface area contributed by atoms with Crippen LogP contribution in [0.4, 0.5) is 0 Å². The van der Waals surface area contributed by atoms with E-state index >= 15 is 0 Å². The quantitative estimate of drug-likeness (QED) is 0.326. The van der Waals surface area contributed by atoms with Crippen LogP contribution in [0.25, 0.3) is 0 Å². The van der Waals surface area contributed by atoms with E-state index in [0.717, 1.165) is 0 Å². The van der Waals surface area contributed by atoms with Crippen LogP contribution in [-0.2, 0) is 26.1 Å². The molecule has 0 unspecified atom stereocenters. The number of β-amino-alcohol motifs (C(OH)–C–C–N with tert-alkyl or cyclic N) is 2. The number of aliphatic carboxylic acids is 2. The number of hydrogen-bond donors (Lipinski definition) is 4. The molecule has 9 heteroatoms. The topological polar surface area (TPSA) is 145 Å². The van der Waals surface area contributed by atoms with E-state index in [-0.39, 0.29) is 42.8 Å². The van der Waals surface area contributed by atoms with Crippen LogP contribution in [0.5, 0.6) is 0 Å². The fourth-order valence-corrected chi connectivity index (χ4v) is 0.881. The molecule has 0 rings (SSSR count). The maximum atomic E-state index is 10.3.